The molecule has 0 radical (unpaired) electrons. The predicted molar refractivity (Wildman–Crippen MR) is 78.5 cm³/mol. The lowest BCUT2D eigenvalue weighted by Gasteiger charge is -2.11. The van der Waals surface area contributed by atoms with E-state index < -0.39 is 4.92 Å². The van der Waals surface area contributed by atoms with Crippen molar-refractivity contribution in [2.24, 2.45) is 0 Å². The number of hydrogen-bond donors (Lipinski definition) is 1. The second-order valence-corrected chi connectivity index (χ2v) is 4.86. The molecule has 4 rings (SSSR count). The van der Waals surface area contributed by atoms with Gasteiger partial charge in [0.25, 0.3) is 0 Å². The summed E-state index contributed by atoms with van der Waals surface area (Å²) in [4.78, 5) is 10.5. The number of aromatic hydroxyl groups is 1. The van der Waals surface area contributed by atoms with Crippen LogP contribution in [0.5, 0.6) is 5.75 Å². The van der Waals surface area contributed by atoms with E-state index in [1.807, 2.05) is 36.4 Å². The number of phenols is 1. The Morgan fingerprint density at radius 2 is 1.55 bits per heavy atom. The fraction of sp³-hybridized carbons (Fsp3) is 0. The SMILES string of the molecule is O=[N+]([O-])c1cc2ccc3cccc4ccc(c1O)c2c34. The number of phenolic OH excluding ortho intramolecular Hbond substituents is 1. The van der Waals surface area contributed by atoms with E-state index in [-0.39, 0.29) is 11.4 Å². The average molecular weight is 263 g/mol. The van der Waals surface area contributed by atoms with Crippen molar-refractivity contribution in [3.8, 4) is 5.75 Å². The first-order valence-corrected chi connectivity index (χ1v) is 6.21. The molecule has 0 saturated heterocycles. The number of rotatable bonds is 1. The van der Waals surface area contributed by atoms with E-state index in [1.54, 1.807) is 6.07 Å². The van der Waals surface area contributed by atoms with Crippen LogP contribution in [0.25, 0.3) is 32.3 Å². The maximum atomic E-state index is 11.0. The standard InChI is InChI=1S/C16H9NO3/c18-16-12-7-6-10-3-1-2-9-4-5-11(15(12)14(9)10)8-13(16)17(19)20/h1-8,18H. The van der Waals surface area contributed by atoms with E-state index in [2.05, 4.69) is 0 Å². The molecule has 0 aliphatic heterocycles. The van der Waals surface area contributed by atoms with Crippen LogP contribution in [-0.2, 0) is 0 Å². The summed E-state index contributed by atoms with van der Waals surface area (Å²) in [6.07, 6.45) is 0. The van der Waals surface area contributed by atoms with Crippen LogP contribution in [0.1, 0.15) is 0 Å². The van der Waals surface area contributed by atoms with Gasteiger partial charge in [-0.05, 0) is 27.6 Å². The first-order chi connectivity index (χ1) is 9.66. The third-order valence-electron chi connectivity index (χ3n) is 3.80. The van der Waals surface area contributed by atoms with Crippen LogP contribution in [0.2, 0.25) is 0 Å². The molecule has 0 saturated carbocycles. The predicted octanol–water partition coefficient (Wildman–Crippen LogP) is 4.20. The molecule has 4 aromatic carbocycles. The van der Waals surface area contributed by atoms with Gasteiger partial charge in [0, 0.05) is 16.8 Å². The molecule has 1 N–H and O–H groups in total. The van der Waals surface area contributed by atoms with Gasteiger partial charge in [-0.1, -0.05) is 36.4 Å². The molecule has 96 valence electrons. The fourth-order valence-electron chi connectivity index (χ4n) is 2.92. The zero-order chi connectivity index (χ0) is 13.9. The van der Waals surface area contributed by atoms with Crippen LogP contribution in [-0.4, -0.2) is 10.0 Å². The van der Waals surface area contributed by atoms with E-state index in [0.29, 0.717) is 5.39 Å². The Balaban J connectivity index is 2.36. The minimum Gasteiger partial charge on any atom is -0.502 e. The summed E-state index contributed by atoms with van der Waals surface area (Å²) in [7, 11) is 0. The Bertz CT molecular complexity index is 975. The third kappa shape index (κ3) is 1.25. The van der Waals surface area contributed by atoms with Crippen LogP contribution < -0.4 is 0 Å². The lowest BCUT2D eigenvalue weighted by atomic mass is 9.93. The minimum absolute atomic E-state index is 0.254. The van der Waals surface area contributed by atoms with Gasteiger partial charge >= 0.3 is 5.69 Å². The van der Waals surface area contributed by atoms with Crippen molar-refractivity contribution >= 4 is 38.0 Å². The molecule has 0 unspecified atom stereocenters. The summed E-state index contributed by atoms with van der Waals surface area (Å²) < 4.78 is 0. The molecular formula is C16H9NO3. The van der Waals surface area contributed by atoms with Gasteiger partial charge in [-0.2, -0.15) is 0 Å². The highest BCUT2D eigenvalue weighted by Crippen LogP contribution is 2.42. The number of nitro groups is 1. The molecule has 20 heavy (non-hydrogen) atoms. The van der Waals surface area contributed by atoms with E-state index in [4.69, 9.17) is 0 Å². The van der Waals surface area contributed by atoms with E-state index in [9.17, 15) is 15.2 Å². The molecule has 0 bridgehead atoms. The summed E-state index contributed by atoms with van der Waals surface area (Å²) in [6.45, 7) is 0. The molecule has 0 heterocycles. The van der Waals surface area contributed by atoms with Crippen molar-refractivity contribution in [2.45, 2.75) is 0 Å². The van der Waals surface area contributed by atoms with Crippen molar-refractivity contribution in [3.05, 3.63) is 58.6 Å². The van der Waals surface area contributed by atoms with Gasteiger partial charge in [0.2, 0.25) is 5.75 Å². The number of nitrogens with zero attached hydrogens (tertiary/aromatic N) is 1. The molecule has 0 fully saturated rings. The fourth-order valence-corrected chi connectivity index (χ4v) is 2.92. The molecule has 0 spiro atoms. The number of nitro benzene ring substituents is 1. The topological polar surface area (TPSA) is 63.4 Å². The van der Waals surface area contributed by atoms with Crippen LogP contribution in [0, 0.1) is 10.1 Å². The first kappa shape index (κ1) is 11.0. The Labute approximate surface area is 113 Å². The molecular weight excluding hydrogens is 254 g/mol. The van der Waals surface area contributed by atoms with Crippen molar-refractivity contribution in [1.29, 1.82) is 0 Å². The maximum absolute atomic E-state index is 11.0. The molecule has 4 aromatic rings. The Morgan fingerprint density at radius 3 is 2.25 bits per heavy atom. The normalized spacial score (nSPS) is 11.6. The molecule has 0 atom stereocenters. The number of hydrogen-bond acceptors (Lipinski definition) is 3. The monoisotopic (exact) mass is 263 g/mol. The van der Waals surface area contributed by atoms with Crippen LogP contribution in [0.15, 0.2) is 48.5 Å². The highest BCUT2D eigenvalue weighted by molar-refractivity contribution is 6.24. The van der Waals surface area contributed by atoms with Crippen molar-refractivity contribution in [1.82, 2.24) is 0 Å². The maximum Gasteiger partial charge on any atom is 0.311 e. The summed E-state index contributed by atoms with van der Waals surface area (Å²) in [5.74, 6) is -0.263. The highest BCUT2D eigenvalue weighted by atomic mass is 16.6. The largest absolute Gasteiger partial charge is 0.502 e. The van der Waals surface area contributed by atoms with E-state index in [1.165, 1.54) is 6.07 Å². The summed E-state index contributed by atoms with van der Waals surface area (Å²) in [5, 5.41) is 26.5. The molecule has 4 nitrogen and oxygen atoms in total. The summed E-state index contributed by atoms with van der Waals surface area (Å²) in [6, 6.07) is 14.8. The van der Waals surface area contributed by atoms with Gasteiger partial charge in [0.05, 0.1) is 4.92 Å². The highest BCUT2D eigenvalue weighted by Gasteiger charge is 2.20. The van der Waals surface area contributed by atoms with Crippen LogP contribution >= 0.6 is 0 Å². The molecule has 4 heteroatoms. The molecule has 0 amide bonds. The van der Waals surface area contributed by atoms with Gasteiger partial charge in [-0.3, -0.25) is 10.1 Å². The van der Waals surface area contributed by atoms with Gasteiger partial charge in [0.1, 0.15) is 0 Å². The minimum atomic E-state index is -0.552. The second kappa shape index (κ2) is 3.57. The Kier molecular flexibility index (Phi) is 1.96. The summed E-state index contributed by atoms with van der Waals surface area (Å²) in [5.41, 5.74) is -0.254. The van der Waals surface area contributed by atoms with E-state index in [0.717, 1.165) is 26.9 Å². The lowest BCUT2D eigenvalue weighted by molar-refractivity contribution is -0.385. The second-order valence-electron chi connectivity index (χ2n) is 4.86. The van der Waals surface area contributed by atoms with Gasteiger partial charge in [-0.25, -0.2) is 0 Å². The quantitative estimate of drug-likeness (QED) is 0.318. The van der Waals surface area contributed by atoms with Gasteiger partial charge in [-0.15, -0.1) is 0 Å². The molecule has 0 aliphatic rings. The smallest absolute Gasteiger partial charge is 0.311 e. The summed E-state index contributed by atoms with van der Waals surface area (Å²) >= 11 is 0. The third-order valence-corrected chi connectivity index (χ3v) is 3.80. The van der Waals surface area contributed by atoms with Gasteiger partial charge < -0.3 is 5.11 Å². The van der Waals surface area contributed by atoms with Crippen LogP contribution in [0.4, 0.5) is 5.69 Å². The zero-order valence-corrected chi connectivity index (χ0v) is 10.3. The number of benzene rings is 4. The van der Waals surface area contributed by atoms with Crippen molar-refractivity contribution in [2.75, 3.05) is 0 Å². The van der Waals surface area contributed by atoms with Gasteiger partial charge in [0.15, 0.2) is 0 Å². The zero-order valence-electron chi connectivity index (χ0n) is 10.3. The van der Waals surface area contributed by atoms with E-state index >= 15 is 0 Å². The average Bonchev–Trinajstić information content (AvgIpc) is 2.46. The van der Waals surface area contributed by atoms with Crippen LogP contribution in [0.3, 0.4) is 0 Å². The molecule has 0 aromatic heterocycles. The van der Waals surface area contributed by atoms with Crippen molar-refractivity contribution < 1.29 is 10.0 Å². The molecule has 0 aliphatic carbocycles. The van der Waals surface area contributed by atoms with Crippen molar-refractivity contribution in [3.63, 3.8) is 0 Å². The Hall–Kier alpha value is -2.88. The first-order valence-electron chi connectivity index (χ1n) is 6.21. The lowest BCUT2D eigenvalue weighted by Crippen LogP contribution is -1.91. The Morgan fingerprint density at radius 1 is 0.900 bits per heavy atom.